The Hall–Kier alpha value is -5.06. The molecule has 2 heterocycles. The number of rotatable bonds is 16. The fourth-order valence-electron chi connectivity index (χ4n) is 3.91. The van der Waals surface area contributed by atoms with Crippen LogP contribution in [0.5, 0.6) is 0 Å². The van der Waals surface area contributed by atoms with Gasteiger partial charge >= 0.3 is 0 Å². The maximum atomic E-state index is 12.5. The summed E-state index contributed by atoms with van der Waals surface area (Å²) >= 11 is 0. The molecule has 0 aliphatic rings. The molecule has 11 heteroatoms. The first-order valence-electron chi connectivity index (χ1n) is 14.2. The monoisotopic (exact) mass is 567 g/mol. The van der Waals surface area contributed by atoms with Gasteiger partial charge in [0.1, 0.15) is 0 Å². The lowest BCUT2D eigenvalue weighted by molar-refractivity contribution is 0.0951. The molecule has 11 nitrogen and oxygen atoms in total. The molecular weight excluding hydrogens is 530 g/mol. The number of carbonyl (C=O) groups excluding carboxylic acids is 2. The summed E-state index contributed by atoms with van der Waals surface area (Å²) in [5.41, 5.74) is 3.23. The van der Waals surface area contributed by atoms with Crippen LogP contribution in [-0.4, -0.2) is 51.4 Å². The normalized spacial score (nSPS) is 10.5. The minimum absolute atomic E-state index is 0.121. The molecule has 218 valence electrons. The number of nitrogens with one attached hydrogen (secondary N) is 5. The Morgan fingerprint density at radius 2 is 1.12 bits per heavy atom. The Balaban J connectivity index is 1.24. The summed E-state index contributed by atoms with van der Waals surface area (Å²) < 4.78 is 0. The Kier molecular flexibility index (Phi) is 11.6. The van der Waals surface area contributed by atoms with Gasteiger partial charge in [0.15, 0.2) is 0 Å². The SMILES string of the molecule is CCCCNc1nc(NCc2ccncc2)nc(NCc2ccc(C(=O)NCCCNC(=O)c3ccccc3)cc2)n1. The zero-order valence-electron chi connectivity index (χ0n) is 23.8. The van der Waals surface area contributed by atoms with E-state index in [9.17, 15) is 9.59 Å². The second kappa shape index (κ2) is 16.3. The number of hydrogen-bond acceptors (Lipinski definition) is 9. The van der Waals surface area contributed by atoms with Gasteiger partial charge in [0.05, 0.1) is 0 Å². The van der Waals surface area contributed by atoms with Gasteiger partial charge in [0, 0.05) is 56.2 Å². The number of unbranched alkanes of at least 4 members (excludes halogenated alkanes) is 1. The van der Waals surface area contributed by atoms with Crippen LogP contribution < -0.4 is 26.6 Å². The first-order valence-corrected chi connectivity index (χ1v) is 14.2. The third-order valence-corrected chi connectivity index (χ3v) is 6.28. The number of nitrogens with zero attached hydrogens (tertiary/aromatic N) is 4. The summed E-state index contributed by atoms with van der Waals surface area (Å²) in [4.78, 5) is 42.2. The van der Waals surface area contributed by atoms with Crippen molar-refractivity contribution in [2.75, 3.05) is 35.6 Å². The van der Waals surface area contributed by atoms with Gasteiger partial charge in [0.2, 0.25) is 17.8 Å². The van der Waals surface area contributed by atoms with E-state index in [2.05, 4.69) is 53.4 Å². The molecule has 0 atom stereocenters. The number of carbonyl (C=O) groups is 2. The van der Waals surface area contributed by atoms with Gasteiger partial charge in [-0.2, -0.15) is 15.0 Å². The van der Waals surface area contributed by atoms with Crippen molar-refractivity contribution < 1.29 is 9.59 Å². The topological polar surface area (TPSA) is 146 Å². The van der Waals surface area contributed by atoms with Crippen LogP contribution in [0.2, 0.25) is 0 Å². The number of benzene rings is 2. The maximum absolute atomic E-state index is 12.5. The number of amides is 2. The van der Waals surface area contributed by atoms with Gasteiger partial charge in [-0.25, -0.2) is 0 Å². The number of hydrogen-bond donors (Lipinski definition) is 5. The van der Waals surface area contributed by atoms with Crippen molar-refractivity contribution in [3.05, 3.63) is 101 Å². The van der Waals surface area contributed by atoms with Gasteiger partial charge in [-0.15, -0.1) is 0 Å². The molecule has 0 aliphatic carbocycles. The standard InChI is InChI=1S/C31H37N9O2/c1-2-3-16-35-29-38-30(40-31(39-29)37-22-24-14-19-32-20-15-24)36-21-23-10-12-26(13-11-23)28(42)34-18-7-17-33-27(41)25-8-5-4-6-9-25/h4-6,8-15,19-20H,2-3,7,16-18,21-22H2,1H3,(H,33,41)(H,34,42)(H3,35,36,37,38,39,40). The molecule has 2 aromatic heterocycles. The van der Waals surface area contributed by atoms with Crippen LogP contribution in [-0.2, 0) is 13.1 Å². The average Bonchev–Trinajstić information content (AvgIpc) is 3.03. The maximum Gasteiger partial charge on any atom is 0.251 e. The van der Waals surface area contributed by atoms with E-state index in [0.29, 0.717) is 61.6 Å². The third-order valence-electron chi connectivity index (χ3n) is 6.28. The van der Waals surface area contributed by atoms with Crippen molar-refractivity contribution >= 4 is 29.7 Å². The lowest BCUT2D eigenvalue weighted by Crippen LogP contribution is -2.29. The highest BCUT2D eigenvalue weighted by atomic mass is 16.2. The second-order valence-electron chi connectivity index (χ2n) is 9.58. The highest BCUT2D eigenvalue weighted by Crippen LogP contribution is 2.13. The molecule has 42 heavy (non-hydrogen) atoms. The molecule has 0 spiro atoms. The van der Waals surface area contributed by atoms with Gasteiger partial charge < -0.3 is 26.6 Å². The van der Waals surface area contributed by atoms with E-state index in [1.54, 1.807) is 36.7 Å². The van der Waals surface area contributed by atoms with E-state index < -0.39 is 0 Å². The highest BCUT2D eigenvalue weighted by Gasteiger charge is 2.09. The largest absolute Gasteiger partial charge is 0.354 e. The molecule has 0 aliphatic heterocycles. The molecule has 5 N–H and O–H groups in total. The van der Waals surface area contributed by atoms with E-state index in [0.717, 1.165) is 30.5 Å². The van der Waals surface area contributed by atoms with E-state index in [-0.39, 0.29) is 11.8 Å². The van der Waals surface area contributed by atoms with Crippen LogP contribution in [0.4, 0.5) is 17.8 Å². The Morgan fingerprint density at radius 1 is 0.595 bits per heavy atom. The highest BCUT2D eigenvalue weighted by molar-refractivity contribution is 5.94. The van der Waals surface area contributed by atoms with Crippen LogP contribution in [0, 0.1) is 0 Å². The first kappa shape index (κ1) is 29.9. The fourth-order valence-corrected chi connectivity index (χ4v) is 3.91. The Bertz CT molecular complexity index is 1400. The van der Waals surface area contributed by atoms with Crippen LogP contribution in [0.1, 0.15) is 58.0 Å². The quantitative estimate of drug-likeness (QED) is 0.125. The molecule has 4 aromatic rings. The Morgan fingerprint density at radius 3 is 1.69 bits per heavy atom. The summed E-state index contributed by atoms with van der Waals surface area (Å²) in [6.45, 7) is 4.88. The fraction of sp³-hybridized carbons (Fsp3) is 0.290. The molecule has 0 fully saturated rings. The van der Waals surface area contributed by atoms with Crippen molar-refractivity contribution in [3.63, 3.8) is 0 Å². The van der Waals surface area contributed by atoms with Crippen molar-refractivity contribution in [1.29, 1.82) is 0 Å². The van der Waals surface area contributed by atoms with Crippen LogP contribution in [0.3, 0.4) is 0 Å². The van der Waals surface area contributed by atoms with Crippen molar-refractivity contribution in [2.45, 2.75) is 39.3 Å². The predicted octanol–water partition coefficient (Wildman–Crippen LogP) is 4.25. The summed E-state index contributed by atoms with van der Waals surface area (Å²) in [7, 11) is 0. The molecule has 4 rings (SSSR count). The van der Waals surface area contributed by atoms with Gasteiger partial charge in [-0.1, -0.05) is 43.7 Å². The first-order chi connectivity index (χ1) is 20.6. The van der Waals surface area contributed by atoms with Crippen LogP contribution in [0.25, 0.3) is 0 Å². The molecule has 0 saturated heterocycles. The molecular formula is C31H37N9O2. The van der Waals surface area contributed by atoms with Gasteiger partial charge in [0.25, 0.3) is 11.8 Å². The summed E-state index contributed by atoms with van der Waals surface area (Å²) in [6, 6.07) is 20.3. The number of aromatic nitrogens is 4. The summed E-state index contributed by atoms with van der Waals surface area (Å²) in [6.07, 6.45) is 6.21. The van der Waals surface area contributed by atoms with E-state index in [4.69, 9.17) is 0 Å². The third kappa shape index (κ3) is 9.84. The van der Waals surface area contributed by atoms with Crippen molar-refractivity contribution in [1.82, 2.24) is 30.6 Å². The van der Waals surface area contributed by atoms with Crippen molar-refractivity contribution in [3.8, 4) is 0 Å². The van der Waals surface area contributed by atoms with Gasteiger partial charge in [-0.3, -0.25) is 14.6 Å². The average molecular weight is 568 g/mol. The zero-order valence-corrected chi connectivity index (χ0v) is 23.8. The molecule has 0 unspecified atom stereocenters. The minimum atomic E-state index is -0.158. The second-order valence-corrected chi connectivity index (χ2v) is 9.58. The van der Waals surface area contributed by atoms with Gasteiger partial charge in [-0.05, 0) is 60.4 Å². The summed E-state index contributed by atoms with van der Waals surface area (Å²) in [5.74, 6) is 1.14. The molecule has 0 radical (unpaired) electrons. The van der Waals surface area contributed by atoms with Crippen molar-refractivity contribution in [2.24, 2.45) is 0 Å². The van der Waals surface area contributed by atoms with E-state index in [1.165, 1.54) is 0 Å². The van der Waals surface area contributed by atoms with E-state index in [1.807, 2.05) is 42.5 Å². The zero-order chi connectivity index (χ0) is 29.4. The minimum Gasteiger partial charge on any atom is -0.354 e. The number of anilines is 3. The molecule has 2 amide bonds. The van der Waals surface area contributed by atoms with Crippen LogP contribution >= 0.6 is 0 Å². The van der Waals surface area contributed by atoms with Crippen LogP contribution in [0.15, 0.2) is 79.1 Å². The predicted molar refractivity (Wildman–Crippen MR) is 164 cm³/mol. The lowest BCUT2D eigenvalue weighted by atomic mass is 10.1. The molecule has 0 saturated carbocycles. The Labute approximate surface area is 246 Å². The smallest absolute Gasteiger partial charge is 0.251 e. The van der Waals surface area contributed by atoms with E-state index >= 15 is 0 Å². The number of pyridine rings is 1. The lowest BCUT2D eigenvalue weighted by Gasteiger charge is -2.12. The molecule has 2 aromatic carbocycles. The summed E-state index contributed by atoms with van der Waals surface area (Å²) in [5, 5.41) is 15.5. The molecule has 0 bridgehead atoms.